The first-order valence-electron chi connectivity index (χ1n) is 10.2. The molecular formula is C21H7B12N3O. The van der Waals surface area contributed by atoms with Crippen molar-refractivity contribution < 1.29 is 5.11 Å². The first-order chi connectivity index (χ1) is 17.1. The Morgan fingerprint density at radius 2 is 1.24 bits per heavy atom. The smallest absolute Gasteiger partial charge is 0.162 e. The van der Waals surface area contributed by atoms with Crippen LogP contribution in [0.3, 0.4) is 0 Å². The molecule has 0 aliphatic rings. The predicted octanol–water partition coefficient (Wildman–Crippen LogP) is -7.72. The zero-order valence-corrected chi connectivity index (χ0v) is 19.7. The average molecular weight is 447 g/mol. The topological polar surface area (TPSA) is 82.5 Å². The lowest BCUT2D eigenvalue weighted by molar-refractivity contribution is 0.484. The molecule has 4 N–H and O–H groups in total. The Balaban J connectivity index is 2.81. The van der Waals surface area contributed by atoms with Crippen LogP contribution in [0, 0.1) is 17.8 Å². The summed E-state index contributed by atoms with van der Waals surface area (Å²) in [5.74, 6) is 0.701. The first-order valence-corrected chi connectivity index (χ1v) is 10.2. The number of benzene rings is 2. The van der Waals surface area contributed by atoms with Gasteiger partial charge in [0.15, 0.2) is 5.84 Å². The summed E-state index contributed by atoms with van der Waals surface area (Å²) in [4.78, 5) is 3.94. The van der Waals surface area contributed by atoms with Crippen LogP contribution in [0.15, 0.2) is 27.0 Å². The number of amidine groups is 2. The lowest BCUT2D eigenvalue weighted by atomic mass is 9.58. The monoisotopic (exact) mass is 449 g/mol. The van der Waals surface area contributed by atoms with Gasteiger partial charge in [-0.25, -0.2) is 4.99 Å². The Kier molecular flexibility index (Phi) is 9.63. The van der Waals surface area contributed by atoms with E-state index in [-0.39, 0.29) is 94.5 Å². The quantitative estimate of drug-likeness (QED) is 0.140. The van der Waals surface area contributed by atoms with Gasteiger partial charge in [0.1, 0.15) is 97.9 Å². The fourth-order valence-electron chi connectivity index (χ4n) is 3.38. The van der Waals surface area contributed by atoms with Gasteiger partial charge >= 0.3 is 0 Å². The number of nitrogens with two attached hydrogens (primary N) is 1. The van der Waals surface area contributed by atoms with Gasteiger partial charge < -0.3 is 10.8 Å². The van der Waals surface area contributed by atoms with Crippen LogP contribution < -0.4 is 49.4 Å². The number of nitrogens with zero attached hydrogens (tertiary/aromatic N) is 1. The molecule has 0 spiro atoms. The summed E-state index contributed by atoms with van der Waals surface area (Å²) in [6.07, 6.45) is 5.38. The van der Waals surface area contributed by atoms with E-state index in [1.807, 2.05) is 0 Å². The van der Waals surface area contributed by atoms with Crippen LogP contribution in [-0.2, 0) is 0 Å². The molecule has 37 heavy (non-hydrogen) atoms. The third-order valence-electron chi connectivity index (χ3n) is 5.53. The Labute approximate surface area is 233 Å². The maximum atomic E-state index is 10.3. The maximum absolute atomic E-state index is 10.3. The molecule has 0 saturated carbocycles. The average Bonchev–Trinajstić information content (AvgIpc) is 2.86. The summed E-state index contributed by atoms with van der Waals surface area (Å²) in [6.45, 7) is 0. The van der Waals surface area contributed by atoms with E-state index in [0.717, 1.165) is 0 Å². The fourth-order valence-corrected chi connectivity index (χ4v) is 3.38. The molecule has 16 heteroatoms. The summed E-state index contributed by atoms with van der Waals surface area (Å²) in [7, 11) is 71.6. The molecule has 148 valence electrons. The number of phenols is 1. The van der Waals surface area contributed by atoms with Crippen molar-refractivity contribution in [3.8, 4) is 29.2 Å². The normalized spacial score (nSPS) is 12.9. The number of aromatic hydroxyl groups is 1. The van der Waals surface area contributed by atoms with E-state index in [4.69, 9.17) is 112 Å². The molecule has 0 aromatic heterocycles. The summed E-state index contributed by atoms with van der Waals surface area (Å²) in [6, 6.07) is 0. The third kappa shape index (κ3) is 5.42. The van der Waals surface area contributed by atoms with E-state index < -0.39 is 11.6 Å². The predicted molar refractivity (Wildman–Crippen MR) is 166 cm³/mol. The molecule has 2 aromatic carbocycles. The van der Waals surface area contributed by atoms with Gasteiger partial charge in [-0.15, -0.1) is 22.8 Å². The molecule has 0 atom stereocenters. The van der Waals surface area contributed by atoms with Crippen molar-refractivity contribution in [2.45, 2.75) is 6.32 Å². The molecule has 0 aliphatic heterocycles. The summed E-state index contributed by atoms with van der Waals surface area (Å²) >= 11 is 0. The van der Waals surface area contributed by atoms with E-state index >= 15 is 0 Å². The van der Waals surface area contributed by atoms with Gasteiger partial charge in [-0.3, -0.25) is 5.41 Å². The Bertz CT molecular complexity index is 1410. The van der Waals surface area contributed by atoms with Crippen molar-refractivity contribution in [3.63, 3.8) is 0 Å². The first kappa shape index (κ1) is 30.4. The van der Waals surface area contributed by atoms with Crippen LogP contribution in [-0.4, -0.2) is 111 Å². The summed E-state index contributed by atoms with van der Waals surface area (Å²) in [5.41, 5.74) is 3.86. The van der Waals surface area contributed by atoms with Crippen LogP contribution in [0.25, 0.3) is 11.1 Å². The van der Waals surface area contributed by atoms with E-state index in [0.29, 0.717) is 0 Å². The van der Waals surface area contributed by atoms with Crippen molar-refractivity contribution >= 4 is 150 Å². The van der Waals surface area contributed by atoms with Crippen LogP contribution >= 0.6 is 0 Å². The number of aliphatic imine (C=N–C) groups is 1. The van der Waals surface area contributed by atoms with Crippen LogP contribution in [0.1, 0.15) is 5.56 Å². The zero-order valence-electron chi connectivity index (χ0n) is 19.7. The number of phenolic OH excluding ortho intramolecular Hbond substituents is 1. The molecule has 0 heterocycles. The van der Waals surface area contributed by atoms with Crippen molar-refractivity contribution in [1.29, 1.82) is 5.41 Å². The Morgan fingerprint density at radius 3 is 1.70 bits per heavy atom. The van der Waals surface area contributed by atoms with E-state index in [9.17, 15) is 5.11 Å². The minimum absolute atomic E-state index is 0.0257. The SMILES string of the molecule is [B]C/C([B])=C([B])\C([B])=C(/C#C)C(=N)N=C(N)c1c([B])c([B])c(-c2c([B])c([B])c([B])c(O)c2[B])c([B])c1[B]. The van der Waals surface area contributed by atoms with Crippen molar-refractivity contribution in [2.75, 3.05) is 0 Å². The molecule has 0 saturated heterocycles. The molecule has 0 fully saturated rings. The van der Waals surface area contributed by atoms with Crippen LogP contribution in [0.5, 0.6) is 5.75 Å². The summed E-state index contributed by atoms with van der Waals surface area (Å²) < 4.78 is 0. The van der Waals surface area contributed by atoms with E-state index in [1.54, 1.807) is 0 Å². The highest BCUT2D eigenvalue weighted by atomic mass is 16.3. The van der Waals surface area contributed by atoms with Gasteiger partial charge in [0, 0.05) is 5.56 Å². The second kappa shape index (κ2) is 11.7. The third-order valence-corrected chi connectivity index (χ3v) is 5.53. The second-order valence-electron chi connectivity index (χ2n) is 7.70. The van der Waals surface area contributed by atoms with Crippen molar-refractivity contribution in [3.05, 3.63) is 27.6 Å². The second-order valence-corrected chi connectivity index (χ2v) is 7.70. The molecule has 24 radical (unpaired) electrons. The number of hydrogen-bond donors (Lipinski definition) is 3. The lowest BCUT2D eigenvalue weighted by Gasteiger charge is -2.27. The van der Waals surface area contributed by atoms with Gasteiger partial charge in [0.2, 0.25) is 0 Å². The van der Waals surface area contributed by atoms with Gasteiger partial charge in [-0.05, 0) is 16.6 Å². The molecule has 0 bridgehead atoms. The summed E-state index contributed by atoms with van der Waals surface area (Å²) in [5, 5.41) is 18.5. The van der Waals surface area contributed by atoms with Gasteiger partial charge in [-0.2, -0.15) is 0 Å². The number of rotatable bonds is 5. The highest BCUT2D eigenvalue weighted by Gasteiger charge is 2.22. The molecule has 2 aromatic rings. The van der Waals surface area contributed by atoms with Crippen molar-refractivity contribution in [1.82, 2.24) is 0 Å². The molecule has 0 amide bonds. The van der Waals surface area contributed by atoms with Crippen molar-refractivity contribution in [2.24, 2.45) is 10.7 Å². The minimum Gasteiger partial charge on any atom is -0.509 e. The minimum atomic E-state index is -0.574. The standard InChI is InChI=1S/C21H7B12N3O/c1-2-4(9(24)10(25)5(23)3-22)20(34)36-21(35)8-14(29)11(26)6(12(27)15(8)30)7-13(28)17(32)18(33)19(37)16(7)31/h1,37H,3H2,(H3,34,35,36)/b9-4-,10-5-. The highest BCUT2D eigenvalue weighted by molar-refractivity contribution is 6.66. The highest BCUT2D eigenvalue weighted by Crippen LogP contribution is 2.15. The molecule has 0 unspecified atom stereocenters. The number of nitrogens with one attached hydrogen (secondary N) is 1. The zero-order chi connectivity index (χ0) is 28.5. The van der Waals surface area contributed by atoms with E-state index in [2.05, 4.69) is 10.9 Å². The lowest BCUT2D eigenvalue weighted by Crippen LogP contribution is -2.52. The molecule has 2 rings (SSSR count). The number of hydrogen-bond acceptors (Lipinski definition) is 2. The van der Waals surface area contributed by atoms with Gasteiger partial charge in [-0.1, -0.05) is 50.5 Å². The molecular weight excluding hydrogens is 440 g/mol. The number of allylic oxidation sites excluding steroid dienone is 3. The number of terminal acetylenes is 1. The largest absolute Gasteiger partial charge is 0.509 e. The molecule has 4 nitrogen and oxygen atoms in total. The maximum Gasteiger partial charge on any atom is 0.162 e. The van der Waals surface area contributed by atoms with E-state index in [1.165, 1.54) is 0 Å². The van der Waals surface area contributed by atoms with Gasteiger partial charge in [0.25, 0.3) is 0 Å². The van der Waals surface area contributed by atoms with Gasteiger partial charge in [0.05, 0.1) is 13.4 Å². The van der Waals surface area contributed by atoms with Crippen LogP contribution in [0.4, 0.5) is 0 Å². The Hall–Kier alpha value is -2.80. The fraction of sp³-hybridized carbons (Fsp3) is 0.0476. The van der Waals surface area contributed by atoms with Crippen LogP contribution in [0.2, 0.25) is 6.32 Å². The molecule has 0 aliphatic carbocycles. The Morgan fingerprint density at radius 1 is 0.784 bits per heavy atom.